The number of carbonyl (C=O) groups excluding carboxylic acids is 1. The van der Waals surface area contributed by atoms with Crippen LogP contribution < -0.4 is 11.1 Å². The van der Waals surface area contributed by atoms with E-state index in [-0.39, 0.29) is 11.7 Å². The third-order valence-corrected chi connectivity index (χ3v) is 2.99. The minimum absolute atomic E-state index is 0.0160. The van der Waals surface area contributed by atoms with Gasteiger partial charge >= 0.3 is 0 Å². The zero-order chi connectivity index (χ0) is 13.5. The monoisotopic (exact) mass is 313 g/mol. The topological polar surface area (TPSA) is 87.7 Å². The van der Waals surface area contributed by atoms with E-state index in [9.17, 15) is 4.79 Å². The van der Waals surface area contributed by atoms with Gasteiger partial charge < -0.3 is 16.3 Å². The minimum atomic E-state index is -0.448. The molecule has 0 heterocycles. The van der Waals surface area contributed by atoms with E-state index in [0.717, 1.165) is 10.9 Å². The van der Waals surface area contributed by atoms with Gasteiger partial charge in [0.05, 0.1) is 6.04 Å². The zero-order valence-corrected chi connectivity index (χ0v) is 11.6. The van der Waals surface area contributed by atoms with E-state index in [1.54, 1.807) is 24.3 Å². The molecule has 6 heteroatoms. The van der Waals surface area contributed by atoms with Crippen LogP contribution in [0, 0.1) is 0 Å². The van der Waals surface area contributed by atoms with Crippen molar-refractivity contribution in [3.63, 3.8) is 0 Å². The summed E-state index contributed by atoms with van der Waals surface area (Å²) in [6.45, 7) is 1.96. The molecular formula is C12H16BrN3O2. The second-order valence-corrected chi connectivity index (χ2v) is 4.76. The third-order valence-electron chi connectivity index (χ3n) is 2.46. The highest BCUT2D eigenvalue weighted by molar-refractivity contribution is 9.10. The Bertz CT molecular complexity index is 431. The minimum Gasteiger partial charge on any atom is -0.409 e. The van der Waals surface area contributed by atoms with Crippen molar-refractivity contribution in [3.05, 3.63) is 34.3 Å². The van der Waals surface area contributed by atoms with Crippen LogP contribution >= 0.6 is 15.9 Å². The Hall–Kier alpha value is -1.56. The summed E-state index contributed by atoms with van der Waals surface area (Å²) in [6.07, 6.45) is 1.44. The zero-order valence-electron chi connectivity index (χ0n) is 10.1. The van der Waals surface area contributed by atoms with Gasteiger partial charge in [0.1, 0.15) is 0 Å². The van der Waals surface area contributed by atoms with Crippen LogP contribution in [-0.4, -0.2) is 23.0 Å². The van der Waals surface area contributed by atoms with Gasteiger partial charge in [0, 0.05) is 10.0 Å². The second kappa shape index (κ2) is 7.00. The second-order valence-electron chi connectivity index (χ2n) is 3.85. The predicted molar refractivity (Wildman–Crippen MR) is 73.7 cm³/mol. The lowest BCUT2D eigenvalue weighted by molar-refractivity contribution is 0.0945. The van der Waals surface area contributed by atoms with Crippen molar-refractivity contribution >= 4 is 27.7 Å². The molecule has 0 aromatic heterocycles. The van der Waals surface area contributed by atoms with E-state index in [2.05, 4.69) is 26.4 Å². The van der Waals surface area contributed by atoms with Gasteiger partial charge in [-0.3, -0.25) is 4.79 Å². The van der Waals surface area contributed by atoms with Gasteiger partial charge in [-0.2, -0.15) is 0 Å². The van der Waals surface area contributed by atoms with Crippen LogP contribution in [0.2, 0.25) is 0 Å². The van der Waals surface area contributed by atoms with Crippen LogP contribution in [0.1, 0.15) is 30.1 Å². The SMILES string of the molecule is CCCC(NC(=O)c1ccc(Br)cc1)/C(N)=N/O. The molecule has 0 aliphatic heterocycles. The van der Waals surface area contributed by atoms with Crippen LogP contribution in [0.25, 0.3) is 0 Å². The van der Waals surface area contributed by atoms with E-state index in [1.807, 2.05) is 6.92 Å². The number of nitrogens with one attached hydrogen (secondary N) is 1. The maximum atomic E-state index is 11.9. The van der Waals surface area contributed by atoms with Crippen LogP contribution in [-0.2, 0) is 0 Å². The van der Waals surface area contributed by atoms with Crippen molar-refractivity contribution in [1.29, 1.82) is 0 Å². The van der Waals surface area contributed by atoms with Gasteiger partial charge in [-0.05, 0) is 30.7 Å². The first-order chi connectivity index (χ1) is 8.58. The number of oxime groups is 1. The molecular weight excluding hydrogens is 298 g/mol. The predicted octanol–water partition coefficient (Wildman–Crippen LogP) is 2.09. The van der Waals surface area contributed by atoms with Gasteiger partial charge in [0.2, 0.25) is 0 Å². The summed E-state index contributed by atoms with van der Waals surface area (Å²) in [6, 6.07) is 6.53. The number of nitrogens with zero attached hydrogens (tertiary/aromatic N) is 1. The molecule has 98 valence electrons. The summed E-state index contributed by atoms with van der Waals surface area (Å²) >= 11 is 3.30. The summed E-state index contributed by atoms with van der Waals surface area (Å²) in [5.74, 6) is -0.227. The Balaban J connectivity index is 2.75. The Morgan fingerprint density at radius 1 is 1.50 bits per heavy atom. The molecule has 1 aromatic rings. The first kappa shape index (κ1) is 14.5. The highest BCUT2D eigenvalue weighted by Gasteiger charge is 2.16. The summed E-state index contributed by atoms with van der Waals surface area (Å²) in [5.41, 5.74) is 6.06. The number of rotatable bonds is 5. The Labute approximate surface area is 114 Å². The average molecular weight is 314 g/mol. The van der Waals surface area contributed by atoms with Crippen LogP contribution in [0.5, 0.6) is 0 Å². The standard InChI is InChI=1S/C12H16BrN3O2/c1-2-3-10(11(14)16-18)15-12(17)8-4-6-9(13)7-5-8/h4-7,10,18H,2-3H2,1H3,(H2,14,16)(H,15,17). The molecule has 5 nitrogen and oxygen atoms in total. The normalized spacial score (nSPS) is 13.1. The fourth-order valence-electron chi connectivity index (χ4n) is 1.50. The summed E-state index contributed by atoms with van der Waals surface area (Å²) in [4.78, 5) is 11.9. The maximum Gasteiger partial charge on any atom is 0.251 e. The Morgan fingerprint density at radius 3 is 2.61 bits per heavy atom. The van der Waals surface area contributed by atoms with E-state index in [4.69, 9.17) is 10.9 Å². The van der Waals surface area contributed by atoms with Crippen molar-refractivity contribution < 1.29 is 10.0 Å². The summed E-state index contributed by atoms with van der Waals surface area (Å²) in [7, 11) is 0. The third kappa shape index (κ3) is 4.03. The smallest absolute Gasteiger partial charge is 0.251 e. The number of nitrogens with two attached hydrogens (primary N) is 1. The number of benzene rings is 1. The summed E-state index contributed by atoms with van der Waals surface area (Å²) < 4.78 is 0.903. The molecule has 1 amide bonds. The molecule has 1 rings (SSSR count). The van der Waals surface area contributed by atoms with Gasteiger partial charge in [0.15, 0.2) is 5.84 Å². The van der Waals surface area contributed by atoms with Crippen LogP contribution in [0.4, 0.5) is 0 Å². The number of halogens is 1. The molecule has 0 fully saturated rings. The lowest BCUT2D eigenvalue weighted by Crippen LogP contribution is -2.44. The van der Waals surface area contributed by atoms with Crippen molar-refractivity contribution in [2.75, 3.05) is 0 Å². The van der Waals surface area contributed by atoms with Crippen molar-refractivity contribution in [3.8, 4) is 0 Å². The first-order valence-corrected chi connectivity index (χ1v) is 6.41. The molecule has 18 heavy (non-hydrogen) atoms. The molecule has 0 bridgehead atoms. The maximum absolute atomic E-state index is 11.9. The molecule has 0 spiro atoms. The fraction of sp³-hybridized carbons (Fsp3) is 0.333. The number of hydrogen-bond acceptors (Lipinski definition) is 3. The number of amidine groups is 1. The number of carbonyl (C=O) groups is 1. The average Bonchev–Trinajstić information content (AvgIpc) is 2.38. The Morgan fingerprint density at radius 2 is 2.11 bits per heavy atom. The van der Waals surface area contributed by atoms with Crippen molar-refractivity contribution in [1.82, 2.24) is 5.32 Å². The largest absolute Gasteiger partial charge is 0.409 e. The van der Waals surface area contributed by atoms with Gasteiger partial charge in [-0.1, -0.05) is 34.4 Å². The molecule has 0 saturated carbocycles. The van der Waals surface area contributed by atoms with E-state index in [1.165, 1.54) is 0 Å². The highest BCUT2D eigenvalue weighted by Crippen LogP contribution is 2.10. The van der Waals surface area contributed by atoms with Crippen molar-refractivity contribution in [2.24, 2.45) is 10.9 Å². The molecule has 0 aliphatic carbocycles. The highest BCUT2D eigenvalue weighted by atomic mass is 79.9. The number of hydrogen-bond donors (Lipinski definition) is 3. The molecule has 1 aromatic carbocycles. The molecule has 1 atom stereocenters. The van der Waals surface area contributed by atoms with Gasteiger partial charge in [0.25, 0.3) is 5.91 Å². The van der Waals surface area contributed by atoms with Gasteiger partial charge in [-0.25, -0.2) is 0 Å². The molecule has 0 aliphatic rings. The summed E-state index contributed by atoms with van der Waals surface area (Å²) in [5, 5.41) is 14.3. The van der Waals surface area contributed by atoms with E-state index in [0.29, 0.717) is 12.0 Å². The van der Waals surface area contributed by atoms with Crippen LogP contribution in [0.3, 0.4) is 0 Å². The lowest BCUT2D eigenvalue weighted by Gasteiger charge is -2.16. The molecule has 0 radical (unpaired) electrons. The Kier molecular flexibility index (Phi) is 5.64. The van der Waals surface area contributed by atoms with Crippen molar-refractivity contribution in [2.45, 2.75) is 25.8 Å². The van der Waals surface area contributed by atoms with Gasteiger partial charge in [-0.15, -0.1) is 0 Å². The lowest BCUT2D eigenvalue weighted by atomic mass is 10.1. The molecule has 1 unspecified atom stereocenters. The first-order valence-electron chi connectivity index (χ1n) is 5.62. The fourth-order valence-corrected chi connectivity index (χ4v) is 1.76. The molecule has 0 saturated heterocycles. The van der Waals surface area contributed by atoms with Crippen LogP contribution in [0.15, 0.2) is 33.9 Å². The van der Waals surface area contributed by atoms with E-state index >= 15 is 0 Å². The number of amides is 1. The quantitative estimate of drug-likeness (QED) is 0.336. The van der Waals surface area contributed by atoms with E-state index < -0.39 is 6.04 Å². The molecule has 4 N–H and O–H groups in total.